The highest BCUT2D eigenvalue weighted by molar-refractivity contribution is 5.12. The maximum atomic E-state index is 8.36. The van der Waals surface area contributed by atoms with Crippen molar-refractivity contribution in [2.24, 2.45) is 5.41 Å². The van der Waals surface area contributed by atoms with E-state index in [0.717, 1.165) is 0 Å². The van der Waals surface area contributed by atoms with Gasteiger partial charge >= 0.3 is 0 Å². The third-order valence-corrected chi connectivity index (χ3v) is 2.31. The molecule has 13 heavy (non-hydrogen) atoms. The molecule has 0 bridgehead atoms. The highest BCUT2D eigenvalue weighted by atomic mass is 16.5. The van der Waals surface area contributed by atoms with Crippen LogP contribution >= 0.6 is 0 Å². The van der Waals surface area contributed by atoms with Crippen molar-refractivity contribution < 1.29 is 4.74 Å². The molecular formula is C11H17NO. The standard InChI is InChI=1S/C11H17NO/c1-6-11(5,10(2,3)4)13-9-7-8-12/h1H,7,9H2,2-5H3. The number of hydrogen-bond donors (Lipinski definition) is 0. The van der Waals surface area contributed by atoms with Crippen LogP contribution in [0.15, 0.2) is 0 Å². The Kier molecular flexibility index (Phi) is 3.98. The molecule has 0 saturated heterocycles. The zero-order chi connectivity index (χ0) is 10.5. The quantitative estimate of drug-likeness (QED) is 0.492. The van der Waals surface area contributed by atoms with Crippen LogP contribution in [0.3, 0.4) is 0 Å². The zero-order valence-electron chi connectivity index (χ0n) is 8.85. The largest absolute Gasteiger partial charge is 0.361 e. The Balaban J connectivity index is 4.34. The van der Waals surface area contributed by atoms with Crippen molar-refractivity contribution in [3.05, 3.63) is 0 Å². The van der Waals surface area contributed by atoms with Crippen LogP contribution in [-0.2, 0) is 4.74 Å². The lowest BCUT2D eigenvalue weighted by atomic mass is 9.78. The first-order chi connectivity index (χ1) is 5.87. The van der Waals surface area contributed by atoms with Crippen molar-refractivity contribution >= 4 is 0 Å². The van der Waals surface area contributed by atoms with Crippen LogP contribution in [0.4, 0.5) is 0 Å². The first kappa shape index (κ1) is 12.0. The molecule has 0 rings (SSSR count). The van der Waals surface area contributed by atoms with Crippen molar-refractivity contribution in [3.63, 3.8) is 0 Å². The van der Waals surface area contributed by atoms with Crippen LogP contribution in [-0.4, -0.2) is 12.2 Å². The minimum atomic E-state index is -0.593. The number of ether oxygens (including phenoxy) is 1. The number of terminal acetylenes is 1. The molecule has 0 radical (unpaired) electrons. The van der Waals surface area contributed by atoms with Gasteiger partial charge in [0.15, 0.2) is 0 Å². The second-order valence-electron chi connectivity index (χ2n) is 4.18. The van der Waals surface area contributed by atoms with E-state index >= 15 is 0 Å². The lowest BCUT2D eigenvalue weighted by Crippen LogP contribution is -2.41. The summed E-state index contributed by atoms with van der Waals surface area (Å²) in [7, 11) is 0. The molecule has 0 spiro atoms. The summed E-state index contributed by atoms with van der Waals surface area (Å²) in [6.45, 7) is 8.36. The second-order valence-corrected chi connectivity index (χ2v) is 4.18. The van der Waals surface area contributed by atoms with Gasteiger partial charge in [-0.15, -0.1) is 6.42 Å². The Hall–Kier alpha value is -0.990. The van der Waals surface area contributed by atoms with Gasteiger partial charge < -0.3 is 4.74 Å². The van der Waals surface area contributed by atoms with Gasteiger partial charge in [0.05, 0.1) is 19.1 Å². The van der Waals surface area contributed by atoms with Gasteiger partial charge in [0.25, 0.3) is 0 Å². The molecule has 1 unspecified atom stereocenters. The molecule has 0 aliphatic carbocycles. The maximum absolute atomic E-state index is 8.36. The average molecular weight is 179 g/mol. The molecule has 0 aromatic rings. The first-order valence-electron chi connectivity index (χ1n) is 4.36. The summed E-state index contributed by atoms with van der Waals surface area (Å²) < 4.78 is 5.52. The lowest BCUT2D eigenvalue weighted by Gasteiger charge is -2.37. The van der Waals surface area contributed by atoms with E-state index in [2.05, 4.69) is 5.92 Å². The van der Waals surface area contributed by atoms with Crippen LogP contribution in [0.5, 0.6) is 0 Å². The molecular weight excluding hydrogens is 162 g/mol. The van der Waals surface area contributed by atoms with E-state index in [-0.39, 0.29) is 5.41 Å². The van der Waals surface area contributed by atoms with Gasteiger partial charge in [0.1, 0.15) is 5.60 Å². The van der Waals surface area contributed by atoms with Crippen LogP contribution in [0, 0.1) is 29.1 Å². The Morgan fingerprint density at radius 2 is 1.85 bits per heavy atom. The number of rotatable bonds is 3. The van der Waals surface area contributed by atoms with E-state index < -0.39 is 5.60 Å². The van der Waals surface area contributed by atoms with E-state index in [1.807, 2.05) is 33.8 Å². The fourth-order valence-corrected chi connectivity index (χ4v) is 0.775. The molecule has 72 valence electrons. The Labute approximate surface area is 80.9 Å². The van der Waals surface area contributed by atoms with Crippen molar-refractivity contribution in [1.82, 2.24) is 0 Å². The maximum Gasteiger partial charge on any atom is 0.130 e. The Morgan fingerprint density at radius 1 is 1.31 bits per heavy atom. The molecule has 0 aliphatic heterocycles. The van der Waals surface area contributed by atoms with Gasteiger partial charge in [-0.3, -0.25) is 0 Å². The molecule has 1 atom stereocenters. The molecule has 0 amide bonds. The highest BCUT2D eigenvalue weighted by Gasteiger charge is 2.36. The Bertz CT molecular complexity index is 238. The lowest BCUT2D eigenvalue weighted by molar-refractivity contribution is -0.0577. The van der Waals surface area contributed by atoms with Gasteiger partial charge in [-0.2, -0.15) is 5.26 Å². The van der Waals surface area contributed by atoms with Crippen LogP contribution in [0.1, 0.15) is 34.1 Å². The zero-order valence-corrected chi connectivity index (χ0v) is 8.85. The van der Waals surface area contributed by atoms with Crippen LogP contribution < -0.4 is 0 Å². The van der Waals surface area contributed by atoms with E-state index in [9.17, 15) is 0 Å². The summed E-state index contributed by atoms with van der Waals surface area (Å²) in [5.74, 6) is 2.65. The van der Waals surface area contributed by atoms with Crippen LogP contribution in [0.2, 0.25) is 0 Å². The minimum absolute atomic E-state index is 0.114. The van der Waals surface area contributed by atoms with Crippen molar-refractivity contribution in [3.8, 4) is 18.4 Å². The second kappa shape index (κ2) is 4.30. The summed E-state index contributed by atoms with van der Waals surface area (Å²) in [5, 5.41) is 8.36. The predicted octanol–water partition coefficient (Wildman–Crippen LogP) is 2.35. The normalized spacial score (nSPS) is 15.5. The van der Waals surface area contributed by atoms with E-state index in [1.165, 1.54) is 0 Å². The predicted molar refractivity (Wildman–Crippen MR) is 52.9 cm³/mol. The summed E-state index contributed by atoms with van der Waals surface area (Å²) in [4.78, 5) is 0. The molecule has 0 heterocycles. The van der Waals surface area contributed by atoms with Crippen LogP contribution in [0.25, 0.3) is 0 Å². The monoisotopic (exact) mass is 179 g/mol. The van der Waals surface area contributed by atoms with Gasteiger partial charge in [-0.25, -0.2) is 0 Å². The molecule has 0 aliphatic rings. The van der Waals surface area contributed by atoms with Gasteiger partial charge in [-0.1, -0.05) is 26.7 Å². The van der Waals surface area contributed by atoms with E-state index in [1.54, 1.807) is 0 Å². The number of nitriles is 1. The molecule has 0 saturated carbocycles. The molecule has 0 aromatic heterocycles. The summed E-state index contributed by atoms with van der Waals surface area (Å²) in [6.07, 6.45) is 5.80. The molecule has 0 N–H and O–H groups in total. The fourth-order valence-electron chi connectivity index (χ4n) is 0.775. The molecule has 2 nitrogen and oxygen atoms in total. The first-order valence-corrected chi connectivity index (χ1v) is 4.36. The van der Waals surface area contributed by atoms with Gasteiger partial charge in [-0.05, 0) is 6.92 Å². The van der Waals surface area contributed by atoms with Crippen molar-refractivity contribution in [2.75, 3.05) is 6.61 Å². The highest BCUT2D eigenvalue weighted by Crippen LogP contribution is 2.32. The smallest absolute Gasteiger partial charge is 0.130 e. The molecule has 2 heteroatoms. The third kappa shape index (κ3) is 3.09. The van der Waals surface area contributed by atoms with Gasteiger partial charge in [0.2, 0.25) is 0 Å². The summed E-state index contributed by atoms with van der Waals surface area (Å²) in [6, 6.07) is 2.02. The summed E-state index contributed by atoms with van der Waals surface area (Å²) in [5.41, 5.74) is -0.707. The summed E-state index contributed by atoms with van der Waals surface area (Å²) >= 11 is 0. The third-order valence-electron chi connectivity index (χ3n) is 2.31. The number of nitrogens with zero attached hydrogens (tertiary/aromatic N) is 1. The van der Waals surface area contributed by atoms with Crippen molar-refractivity contribution in [1.29, 1.82) is 5.26 Å². The minimum Gasteiger partial charge on any atom is -0.361 e. The molecule has 0 fully saturated rings. The van der Waals surface area contributed by atoms with E-state index in [0.29, 0.717) is 13.0 Å². The SMILES string of the molecule is C#CC(C)(OCCC#N)C(C)(C)C. The Morgan fingerprint density at radius 3 is 2.15 bits per heavy atom. The number of hydrogen-bond acceptors (Lipinski definition) is 2. The topological polar surface area (TPSA) is 33.0 Å². The van der Waals surface area contributed by atoms with E-state index in [4.69, 9.17) is 16.4 Å². The van der Waals surface area contributed by atoms with Crippen molar-refractivity contribution in [2.45, 2.75) is 39.7 Å². The molecule has 0 aromatic carbocycles. The average Bonchev–Trinajstić information content (AvgIpc) is 2.02. The van der Waals surface area contributed by atoms with Gasteiger partial charge in [0, 0.05) is 5.41 Å². The fraction of sp³-hybridized carbons (Fsp3) is 0.727.